The van der Waals surface area contributed by atoms with Gasteiger partial charge in [-0.1, -0.05) is 31.0 Å². The number of carbonyl (C=O) groups excluding carboxylic acids is 1. The number of hydrogen-bond donors (Lipinski definition) is 3. The number of anilines is 1. The molecule has 3 aromatic rings. The van der Waals surface area contributed by atoms with Gasteiger partial charge in [0.15, 0.2) is 5.11 Å². The lowest BCUT2D eigenvalue weighted by Crippen LogP contribution is -2.52. The topological polar surface area (TPSA) is 74.8 Å². The summed E-state index contributed by atoms with van der Waals surface area (Å²) in [5.41, 5.74) is 6.34. The average Bonchev–Trinajstić information content (AvgIpc) is 3.36. The summed E-state index contributed by atoms with van der Waals surface area (Å²) in [4.78, 5) is 21.4. The molecule has 0 unspecified atom stereocenters. The van der Waals surface area contributed by atoms with Crippen LogP contribution in [0.1, 0.15) is 32.1 Å². The van der Waals surface area contributed by atoms with Crippen molar-refractivity contribution in [2.45, 2.75) is 32.1 Å². The van der Waals surface area contributed by atoms with Gasteiger partial charge >= 0.3 is 0 Å². The predicted molar refractivity (Wildman–Crippen MR) is 146 cm³/mol. The summed E-state index contributed by atoms with van der Waals surface area (Å²) in [5.74, 6) is -0.321. The van der Waals surface area contributed by atoms with E-state index in [0.29, 0.717) is 6.42 Å². The first-order chi connectivity index (χ1) is 17.0. The minimum absolute atomic E-state index is 0.321. The molecule has 186 valence electrons. The van der Waals surface area contributed by atoms with Crippen molar-refractivity contribution < 1.29 is 10.0 Å². The van der Waals surface area contributed by atoms with Gasteiger partial charge in [-0.3, -0.25) is 10.0 Å². The Kier molecular flexibility index (Phi) is 8.74. The molecule has 0 spiro atoms. The van der Waals surface area contributed by atoms with Crippen LogP contribution in [-0.2, 0) is 4.79 Å². The highest BCUT2D eigenvalue weighted by Crippen LogP contribution is 2.27. The van der Waals surface area contributed by atoms with Gasteiger partial charge in [0.2, 0.25) is 5.91 Å². The Balaban J connectivity index is 1.44. The monoisotopic (exact) mass is 493 g/mol. The van der Waals surface area contributed by atoms with E-state index in [4.69, 9.17) is 17.4 Å². The molecule has 1 saturated heterocycles. The van der Waals surface area contributed by atoms with Gasteiger partial charge < -0.3 is 19.7 Å². The van der Waals surface area contributed by atoms with Crippen LogP contribution in [-0.4, -0.2) is 70.8 Å². The van der Waals surface area contributed by atoms with Crippen molar-refractivity contribution in [2.75, 3.05) is 44.7 Å². The molecular weight excluding hydrogens is 458 g/mol. The number of nitrogens with zero attached hydrogens (tertiary/aromatic N) is 3. The number of thiocarbonyl (C=S) groups is 1. The number of carbonyl (C=O) groups is 1. The molecule has 0 atom stereocenters. The molecule has 2 aromatic carbocycles. The normalized spacial score (nSPS) is 14.3. The minimum atomic E-state index is -0.321. The molecule has 1 aliphatic heterocycles. The van der Waals surface area contributed by atoms with Crippen LogP contribution in [0.15, 0.2) is 54.7 Å². The van der Waals surface area contributed by atoms with E-state index in [0.717, 1.165) is 74.7 Å². The van der Waals surface area contributed by atoms with Crippen molar-refractivity contribution in [1.82, 2.24) is 20.3 Å². The Bertz CT molecular complexity index is 1120. The van der Waals surface area contributed by atoms with Crippen LogP contribution in [0.3, 0.4) is 0 Å². The molecule has 35 heavy (non-hydrogen) atoms. The molecule has 1 aromatic heterocycles. The van der Waals surface area contributed by atoms with E-state index >= 15 is 0 Å². The van der Waals surface area contributed by atoms with Crippen LogP contribution < -0.4 is 10.4 Å². The second kappa shape index (κ2) is 12.2. The predicted octanol–water partition coefficient (Wildman–Crippen LogP) is 4.63. The van der Waals surface area contributed by atoms with Crippen molar-refractivity contribution in [3.63, 3.8) is 0 Å². The molecule has 0 saturated carbocycles. The van der Waals surface area contributed by atoms with Crippen molar-refractivity contribution in [3.8, 4) is 11.1 Å². The maximum atomic E-state index is 11.2. The van der Waals surface area contributed by atoms with Gasteiger partial charge in [0, 0.05) is 56.5 Å². The van der Waals surface area contributed by atoms with Crippen molar-refractivity contribution >= 4 is 39.8 Å². The fourth-order valence-corrected chi connectivity index (χ4v) is 4.91. The number of nitrogens with one attached hydrogen (secondary N) is 2. The number of H-pyrrole nitrogens is 1. The number of hydrogen-bond acceptors (Lipinski definition) is 4. The average molecular weight is 494 g/mol. The summed E-state index contributed by atoms with van der Waals surface area (Å²) < 4.78 is 0. The number of amides is 1. The molecule has 4 rings (SSSR count). The lowest BCUT2D eigenvalue weighted by molar-refractivity contribution is -0.129. The summed E-state index contributed by atoms with van der Waals surface area (Å²) in [7, 11) is 2.15. The molecule has 7 nitrogen and oxygen atoms in total. The summed E-state index contributed by atoms with van der Waals surface area (Å²) in [5, 5.41) is 10.7. The SMILES string of the molecule is CN1CCN(C(=S)N(CCCCCCC(=O)NO)c2ccc(-c3ccc4[nH]ccc4c3)cc2)CC1. The summed E-state index contributed by atoms with van der Waals surface area (Å²) in [6, 6.07) is 17.3. The molecule has 0 aliphatic carbocycles. The molecule has 0 bridgehead atoms. The molecule has 0 radical (unpaired) electrons. The number of aromatic nitrogens is 1. The molecular formula is C27H35N5O2S. The first kappa shape index (κ1) is 25.2. The van der Waals surface area contributed by atoms with E-state index < -0.39 is 0 Å². The Morgan fingerprint density at radius 2 is 1.71 bits per heavy atom. The molecule has 3 N–H and O–H groups in total. The second-order valence-corrected chi connectivity index (χ2v) is 9.62. The van der Waals surface area contributed by atoms with E-state index in [9.17, 15) is 4.79 Å². The van der Waals surface area contributed by atoms with Crippen molar-refractivity contribution in [1.29, 1.82) is 0 Å². The highest BCUT2D eigenvalue weighted by atomic mass is 32.1. The van der Waals surface area contributed by atoms with Crippen LogP contribution >= 0.6 is 12.2 Å². The standard InChI is InChI=1S/C27H35N5O2S/c1-30-16-18-31(19-17-30)27(35)32(15-5-3-2-4-6-26(33)29-34)24-10-7-21(8-11-24)22-9-12-25-23(20-22)13-14-28-25/h7-14,20,28,34H,2-6,15-19H2,1H3,(H,29,33). The highest BCUT2D eigenvalue weighted by Gasteiger charge is 2.22. The second-order valence-electron chi connectivity index (χ2n) is 9.25. The Morgan fingerprint density at radius 3 is 2.46 bits per heavy atom. The summed E-state index contributed by atoms with van der Waals surface area (Å²) in [6.07, 6.45) is 6.04. The fraction of sp³-hybridized carbons (Fsp3) is 0.407. The van der Waals surface area contributed by atoms with Crippen molar-refractivity contribution in [3.05, 3.63) is 54.7 Å². The van der Waals surface area contributed by atoms with Gasteiger partial charge in [0.25, 0.3) is 0 Å². The van der Waals surface area contributed by atoms with Crippen LogP contribution in [0.2, 0.25) is 0 Å². The Hall–Kier alpha value is -2.94. The van der Waals surface area contributed by atoms with Crippen LogP contribution in [0.4, 0.5) is 5.69 Å². The summed E-state index contributed by atoms with van der Waals surface area (Å²) in [6.45, 7) is 4.75. The van der Waals surface area contributed by atoms with Gasteiger partial charge in [0.05, 0.1) is 0 Å². The lowest BCUT2D eigenvalue weighted by Gasteiger charge is -2.38. The molecule has 8 heteroatoms. The zero-order valence-corrected chi connectivity index (χ0v) is 21.2. The van der Waals surface area contributed by atoms with Crippen LogP contribution in [0.25, 0.3) is 22.0 Å². The zero-order chi connectivity index (χ0) is 24.6. The number of hydroxylamine groups is 1. The van der Waals surface area contributed by atoms with E-state index in [-0.39, 0.29) is 5.91 Å². The van der Waals surface area contributed by atoms with Gasteiger partial charge in [-0.05, 0) is 79.0 Å². The van der Waals surface area contributed by atoms with Gasteiger partial charge in [-0.2, -0.15) is 0 Å². The molecule has 1 fully saturated rings. The van der Waals surface area contributed by atoms with Gasteiger partial charge in [0.1, 0.15) is 0 Å². The van der Waals surface area contributed by atoms with E-state index in [2.05, 4.69) is 75.3 Å². The van der Waals surface area contributed by atoms with Gasteiger partial charge in [-0.25, -0.2) is 5.48 Å². The largest absolute Gasteiger partial charge is 0.361 e. The van der Waals surface area contributed by atoms with Gasteiger partial charge in [-0.15, -0.1) is 0 Å². The molecule has 1 amide bonds. The maximum Gasteiger partial charge on any atom is 0.243 e. The number of piperazine rings is 1. The number of benzene rings is 2. The molecule has 1 aliphatic rings. The first-order valence-corrected chi connectivity index (χ1v) is 12.8. The van der Waals surface area contributed by atoms with Crippen LogP contribution in [0.5, 0.6) is 0 Å². The number of fused-ring (bicyclic) bond motifs is 1. The maximum absolute atomic E-state index is 11.2. The fourth-order valence-electron chi connectivity index (χ4n) is 4.54. The number of unbranched alkanes of at least 4 members (excludes halogenated alkanes) is 3. The van der Waals surface area contributed by atoms with E-state index in [1.54, 1.807) is 5.48 Å². The van der Waals surface area contributed by atoms with E-state index in [1.807, 2.05) is 6.20 Å². The third-order valence-corrected chi connectivity index (χ3v) is 7.21. The lowest BCUT2D eigenvalue weighted by atomic mass is 10.0. The number of likely N-dealkylation sites (N-methyl/N-ethyl adjacent to an activating group) is 1. The van der Waals surface area contributed by atoms with Crippen LogP contribution in [0, 0.1) is 0 Å². The first-order valence-electron chi connectivity index (χ1n) is 12.4. The highest BCUT2D eigenvalue weighted by molar-refractivity contribution is 7.80. The third kappa shape index (κ3) is 6.60. The summed E-state index contributed by atoms with van der Waals surface area (Å²) >= 11 is 5.99. The number of aromatic amines is 1. The third-order valence-electron chi connectivity index (χ3n) is 6.73. The van der Waals surface area contributed by atoms with Crippen molar-refractivity contribution in [2.24, 2.45) is 0 Å². The Labute approximate surface area is 212 Å². The van der Waals surface area contributed by atoms with E-state index in [1.165, 1.54) is 16.5 Å². The molecule has 2 heterocycles. The zero-order valence-electron chi connectivity index (χ0n) is 20.4. The number of rotatable bonds is 9. The Morgan fingerprint density at radius 1 is 1.00 bits per heavy atom. The smallest absolute Gasteiger partial charge is 0.243 e. The quantitative estimate of drug-likeness (QED) is 0.175. The minimum Gasteiger partial charge on any atom is -0.361 e.